The average Bonchev–Trinajstić information content (AvgIpc) is 2.77. The molecule has 6 nitrogen and oxygen atoms in total. The van der Waals surface area contributed by atoms with Crippen LogP contribution >= 0.6 is 22.9 Å². The molecule has 0 aliphatic heterocycles. The summed E-state index contributed by atoms with van der Waals surface area (Å²) in [5.74, 6) is 0. The Bertz CT molecular complexity index is 876. The summed E-state index contributed by atoms with van der Waals surface area (Å²) in [7, 11) is -3.43. The van der Waals surface area contributed by atoms with Crippen molar-refractivity contribution < 1.29 is 13.2 Å². The van der Waals surface area contributed by atoms with Crippen LogP contribution < -0.4 is 10.6 Å². The van der Waals surface area contributed by atoms with Gasteiger partial charge in [0.1, 0.15) is 0 Å². The summed E-state index contributed by atoms with van der Waals surface area (Å²) in [6, 6.07) is 4.48. The van der Waals surface area contributed by atoms with E-state index in [0.29, 0.717) is 16.4 Å². The van der Waals surface area contributed by atoms with Crippen LogP contribution in [0.2, 0.25) is 5.02 Å². The molecule has 2 amide bonds. The molecule has 24 heavy (non-hydrogen) atoms. The molecule has 0 unspecified atom stereocenters. The predicted molar refractivity (Wildman–Crippen MR) is 97.7 cm³/mol. The Balaban J connectivity index is 2.36. The van der Waals surface area contributed by atoms with Gasteiger partial charge >= 0.3 is 6.03 Å². The van der Waals surface area contributed by atoms with Gasteiger partial charge < -0.3 is 5.32 Å². The van der Waals surface area contributed by atoms with Gasteiger partial charge in [-0.3, -0.25) is 5.32 Å². The molecular weight excluding hydrogens is 370 g/mol. The predicted octanol–water partition coefficient (Wildman–Crippen LogP) is 3.71. The number of aromatic nitrogens is 1. The Labute approximate surface area is 150 Å². The summed E-state index contributed by atoms with van der Waals surface area (Å²) >= 11 is 7.25. The molecule has 0 aliphatic carbocycles. The number of thiazole rings is 1. The number of hydrogen-bond donors (Lipinski definition) is 2. The minimum absolute atomic E-state index is 0.0131. The van der Waals surface area contributed by atoms with E-state index in [1.807, 2.05) is 13.8 Å². The zero-order valence-electron chi connectivity index (χ0n) is 13.7. The van der Waals surface area contributed by atoms with Crippen LogP contribution in [0.4, 0.5) is 9.93 Å². The quantitative estimate of drug-likeness (QED) is 0.837. The standard InChI is InChI=1S/C15H18ClN3O3S2/c1-8(2)17-14(20)19-15-18-9(3)13(23-15)10-5-6-11(16)12(7-10)24(4,21)22/h5-8H,1-4H3,(H2,17,18,19,20). The minimum atomic E-state index is -3.43. The molecule has 0 aliphatic rings. The lowest BCUT2D eigenvalue weighted by Crippen LogP contribution is -2.34. The van der Waals surface area contributed by atoms with Gasteiger partial charge in [-0.2, -0.15) is 0 Å². The number of amides is 2. The number of urea groups is 1. The van der Waals surface area contributed by atoms with Crippen molar-refractivity contribution in [1.29, 1.82) is 0 Å². The summed E-state index contributed by atoms with van der Waals surface area (Å²) in [6.07, 6.45) is 1.11. The number of carbonyl (C=O) groups excluding carboxylic acids is 1. The van der Waals surface area contributed by atoms with Gasteiger partial charge in [-0.05, 0) is 38.5 Å². The summed E-state index contributed by atoms with van der Waals surface area (Å²) in [5.41, 5.74) is 1.38. The summed E-state index contributed by atoms with van der Waals surface area (Å²) < 4.78 is 23.6. The Kier molecular flexibility index (Phi) is 5.52. The summed E-state index contributed by atoms with van der Waals surface area (Å²) in [5, 5.41) is 6.01. The van der Waals surface area contributed by atoms with Crippen molar-refractivity contribution in [2.24, 2.45) is 0 Å². The zero-order chi connectivity index (χ0) is 18.1. The molecule has 1 heterocycles. The van der Waals surface area contributed by atoms with Gasteiger partial charge in [0.05, 0.1) is 20.5 Å². The average molecular weight is 388 g/mol. The van der Waals surface area contributed by atoms with Gasteiger partial charge in [0, 0.05) is 12.3 Å². The fraction of sp³-hybridized carbons (Fsp3) is 0.333. The van der Waals surface area contributed by atoms with Crippen molar-refractivity contribution in [1.82, 2.24) is 10.3 Å². The molecule has 0 spiro atoms. The molecule has 2 N–H and O–H groups in total. The first kappa shape index (κ1) is 18.7. The molecule has 1 aromatic carbocycles. The van der Waals surface area contributed by atoms with Crippen molar-refractivity contribution in [2.45, 2.75) is 31.7 Å². The number of benzene rings is 1. The number of nitrogens with one attached hydrogen (secondary N) is 2. The van der Waals surface area contributed by atoms with E-state index in [1.165, 1.54) is 17.4 Å². The Morgan fingerprint density at radius 2 is 2.00 bits per heavy atom. The third-order valence-electron chi connectivity index (χ3n) is 3.03. The largest absolute Gasteiger partial charge is 0.336 e. The van der Waals surface area contributed by atoms with Crippen LogP contribution in [-0.4, -0.2) is 31.7 Å². The SMILES string of the molecule is Cc1nc(NC(=O)NC(C)C)sc1-c1ccc(Cl)c(S(C)(=O)=O)c1. The number of sulfone groups is 1. The lowest BCUT2D eigenvalue weighted by molar-refractivity contribution is 0.250. The highest BCUT2D eigenvalue weighted by molar-refractivity contribution is 7.90. The second-order valence-electron chi connectivity index (χ2n) is 5.60. The minimum Gasteiger partial charge on any atom is -0.336 e. The highest BCUT2D eigenvalue weighted by Crippen LogP contribution is 2.35. The van der Waals surface area contributed by atoms with Gasteiger partial charge in [-0.25, -0.2) is 18.2 Å². The molecule has 2 rings (SSSR count). The third-order valence-corrected chi connectivity index (χ3v) is 5.73. The van der Waals surface area contributed by atoms with E-state index in [1.54, 1.807) is 19.1 Å². The molecule has 0 bridgehead atoms. The maximum absolute atomic E-state index is 11.8. The monoisotopic (exact) mass is 387 g/mol. The first-order valence-corrected chi connectivity index (χ1v) is 10.2. The first-order chi connectivity index (χ1) is 11.1. The maximum atomic E-state index is 11.8. The van der Waals surface area contributed by atoms with E-state index in [9.17, 15) is 13.2 Å². The molecular formula is C15H18ClN3O3S2. The summed E-state index contributed by atoms with van der Waals surface area (Å²) in [4.78, 5) is 16.9. The van der Waals surface area contributed by atoms with Crippen molar-refractivity contribution in [3.8, 4) is 10.4 Å². The van der Waals surface area contributed by atoms with E-state index in [0.717, 1.165) is 11.1 Å². The normalized spacial score (nSPS) is 11.6. The number of aryl methyl sites for hydroxylation is 1. The number of halogens is 1. The van der Waals surface area contributed by atoms with Crippen LogP contribution in [0.15, 0.2) is 23.1 Å². The van der Waals surface area contributed by atoms with Gasteiger partial charge in [-0.1, -0.05) is 29.0 Å². The number of nitrogens with zero attached hydrogens (tertiary/aromatic N) is 1. The molecule has 0 saturated carbocycles. The first-order valence-electron chi connectivity index (χ1n) is 7.13. The molecule has 2 aromatic rings. The topological polar surface area (TPSA) is 88.2 Å². The van der Waals surface area contributed by atoms with Crippen molar-refractivity contribution in [3.05, 3.63) is 28.9 Å². The Morgan fingerprint density at radius 3 is 2.58 bits per heavy atom. The highest BCUT2D eigenvalue weighted by atomic mass is 35.5. The second-order valence-corrected chi connectivity index (χ2v) is 8.99. The molecule has 1 aromatic heterocycles. The van der Waals surface area contributed by atoms with Crippen LogP contribution in [0, 0.1) is 6.92 Å². The number of anilines is 1. The van der Waals surface area contributed by atoms with Crippen LogP contribution in [0.3, 0.4) is 0 Å². The molecule has 0 fully saturated rings. The van der Waals surface area contributed by atoms with E-state index in [4.69, 9.17) is 11.6 Å². The van der Waals surface area contributed by atoms with Crippen molar-refractivity contribution in [3.63, 3.8) is 0 Å². The van der Waals surface area contributed by atoms with E-state index in [-0.39, 0.29) is 22.0 Å². The van der Waals surface area contributed by atoms with Gasteiger partial charge in [0.2, 0.25) is 0 Å². The fourth-order valence-corrected chi connectivity index (χ4v) is 4.30. The lowest BCUT2D eigenvalue weighted by Gasteiger charge is -2.07. The Morgan fingerprint density at radius 1 is 1.33 bits per heavy atom. The van der Waals surface area contributed by atoms with Gasteiger partial charge in [-0.15, -0.1) is 0 Å². The van der Waals surface area contributed by atoms with Crippen LogP contribution in [-0.2, 0) is 9.84 Å². The van der Waals surface area contributed by atoms with Crippen molar-refractivity contribution in [2.75, 3.05) is 11.6 Å². The van der Waals surface area contributed by atoms with Crippen molar-refractivity contribution >= 4 is 43.9 Å². The smallest absolute Gasteiger partial charge is 0.321 e. The van der Waals surface area contributed by atoms with Crippen LogP contribution in [0.1, 0.15) is 19.5 Å². The van der Waals surface area contributed by atoms with Gasteiger partial charge in [0.25, 0.3) is 0 Å². The number of carbonyl (C=O) groups is 1. The van der Waals surface area contributed by atoms with E-state index in [2.05, 4.69) is 15.6 Å². The molecule has 0 atom stereocenters. The van der Waals surface area contributed by atoms with E-state index < -0.39 is 9.84 Å². The molecule has 130 valence electrons. The fourth-order valence-electron chi connectivity index (χ4n) is 2.04. The van der Waals surface area contributed by atoms with E-state index >= 15 is 0 Å². The Hall–Kier alpha value is -1.64. The summed E-state index contributed by atoms with van der Waals surface area (Å²) in [6.45, 7) is 5.52. The van der Waals surface area contributed by atoms with Gasteiger partial charge in [0.15, 0.2) is 15.0 Å². The lowest BCUT2D eigenvalue weighted by atomic mass is 10.2. The molecule has 0 radical (unpaired) electrons. The third kappa shape index (κ3) is 4.46. The molecule has 0 saturated heterocycles. The second kappa shape index (κ2) is 7.08. The zero-order valence-corrected chi connectivity index (χ0v) is 16.1. The van der Waals surface area contributed by atoms with Crippen LogP contribution in [0.25, 0.3) is 10.4 Å². The van der Waals surface area contributed by atoms with Crippen LogP contribution in [0.5, 0.6) is 0 Å². The maximum Gasteiger partial charge on any atom is 0.321 e. The molecule has 9 heteroatoms. The highest BCUT2D eigenvalue weighted by Gasteiger charge is 2.17. The number of rotatable bonds is 4. The number of hydrogen-bond acceptors (Lipinski definition) is 5.